The first kappa shape index (κ1) is 24.7. The molecule has 8 nitrogen and oxygen atoms in total. The third-order valence-electron chi connectivity index (χ3n) is 7.45. The van der Waals surface area contributed by atoms with Gasteiger partial charge in [0.05, 0.1) is 34.8 Å². The average Bonchev–Trinajstić information content (AvgIpc) is 3.41. The number of hydrogen-bond donors (Lipinski definition) is 0. The number of rotatable bonds is 5. The van der Waals surface area contributed by atoms with Crippen molar-refractivity contribution in [3.8, 4) is 11.3 Å². The van der Waals surface area contributed by atoms with Crippen molar-refractivity contribution >= 4 is 31.9 Å². The summed E-state index contributed by atoms with van der Waals surface area (Å²) in [6.07, 6.45) is 6.17. The lowest BCUT2D eigenvalue weighted by molar-refractivity contribution is 0.0547. The van der Waals surface area contributed by atoms with Gasteiger partial charge in [0.25, 0.3) is 0 Å². The highest BCUT2D eigenvalue weighted by Crippen LogP contribution is 2.41. The van der Waals surface area contributed by atoms with Crippen LogP contribution in [0.5, 0.6) is 0 Å². The van der Waals surface area contributed by atoms with E-state index in [0.29, 0.717) is 35.3 Å². The summed E-state index contributed by atoms with van der Waals surface area (Å²) in [6, 6.07) is 11.6. The fourth-order valence-electron chi connectivity index (χ4n) is 5.69. The Morgan fingerprint density at radius 2 is 1.87 bits per heavy atom. The molecule has 1 aliphatic heterocycles. The van der Waals surface area contributed by atoms with Crippen molar-refractivity contribution in [2.24, 2.45) is 13.0 Å². The molecule has 196 valence electrons. The van der Waals surface area contributed by atoms with Crippen LogP contribution in [-0.4, -0.2) is 52.0 Å². The molecule has 0 radical (unpaired) electrons. The number of halogens is 1. The summed E-state index contributed by atoms with van der Waals surface area (Å²) in [7, 11) is -1.65. The molecule has 10 heteroatoms. The Morgan fingerprint density at radius 1 is 1.11 bits per heavy atom. The van der Waals surface area contributed by atoms with Crippen molar-refractivity contribution in [1.29, 1.82) is 0 Å². The van der Waals surface area contributed by atoms with Crippen LogP contribution < -0.4 is 0 Å². The van der Waals surface area contributed by atoms with E-state index in [4.69, 9.17) is 9.72 Å². The molecule has 5 heterocycles. The highest BCUT2D eigenvalue weighted by molar-refractivity contribution is 7.90. The fraction of sp³-hybridized carbons (Fsp3) is 0.321. The predicted octanol–water partition coefficient (Wildman–Crippen LogP) is 4.85. The molecule has 0 spiro atoms. The third kappa shape index (κ3) is 4.08. The predicted molar refractivity (Wildman–Crippen MR) is 143 cm³/mol. The second kappa shape index (κ2) is 9.28. The van der Waals surface area contributed by atoms with Gasteiger partial charge in [0, 0.05) is 49.2 Å². The second-order valence-corrected chi connectivity index (χ2v) is 11.9. The van der Waals surface area contributed by atoms with Gasteiger partial charge in [0.2, 0.25) is 0 Å². The number of aryl methyl sites for hydroxylation is 2. The topological polar surface area (TPSA) is 91.9 Å². The number of hydrogen-bond acceptors (Lipinski definition) is 6. The lowest BCUT2D eigenvalue weighted by Crippen LogP contribution is -2.27. The Hall–Kier alpha value is -3.63. The first-order chi connectivity index (χ1) is 18.2. The molecule has 0 amide bonds. The van der Waals surface area contributed by atoms with Crippen LogP contribution in [0.4, 0.5) is 4.39 Å². The van der Waals surface area contributed by atoms with E-state index in [1.165, 1.54) is 12.1 Å². The van der Waals surface area contributed by atoms with E-state index in [0.717, 1.165) is 41.6 Å². The van der Waals surface area contributed by atoms with E-state index in [1.807, 2.05) is 35.2 Å². The van der Waals surface area contributed by atoms with Crippen LogP contribution >= 0.6 is 0 Å². The normalized spacial score (nSPS) is 15.9. The number of nitrogens with zero attached hydrogens (tertiary/aromatic N) is 5. The zero-order valence-electron chi connectivity index (χ0n) is 21.4. The largest absolute Gasteiger partial charge is 0.381 e. The molecule has 0 aliphatic carbocycles. The molecule has 1 fully saturated rings. The molecule has 1 saturated heterocycles. The minimum Gasteiger partial charge on any atom is -0.381 e. The molecule has 1 aromatic carbocycles. The Morgan fingerprint density at radius 3 is 2.55 bits per heavy atom. The maximum atomic E-state index is 15.5. The van der Waals surface area contributed by atoms with Gasteiger partial charge in [0.15, 0.2) is 14.9 Å². The Labute approximate surface area is 220 Å². The smallest absolute Gasteiger partial charge is 0.192 e. The highest BCUT2D eigenvalue weighted by atomic mass is 32.2. The van der Waals surface area contributed by atoms with Crippen molar-refractivity contribution in [3.63, 3.8) is 0 Å². The fourth-order valence-corrected chi connectivity index (χ4v) is 6.25. The van der Waals surface area contributed by atoms with Crippen LogP contribution in [0.1, 0.15) is 30.1 Å². The van der Waals surface area contributed by atoms with Gasteiger partial charge in [-0.15, -0.1) is 0 Å². The number of imidazole rings is 1. The quantitative estimate of drug-likeness (QED) is 0.321. The zero-order chi connectivity index (χ0) is 26.6. The number of pyridine rings is 2. The maximum absolute atomic E-state index is 15.5. The molecule has 1 aliphatic rings. The van der Waals surface area contributed by atoms with E-state index in [-0.39, 0.29) is 16.8 Å². The number of fused-ring (bicyclic) bond motifs is 3. The first-order valence-corrected chi connectivity index (χ1v) is 14.4. The van der Waals surface area contributed by atoms with Gasteiger partial charge in [-0.05, 0) is 49.9 Å². The summed E-state index contributed by atoms with van der Waals surface area (Å²) in [5.74, 6) is -0.268. The molecule has 5 aromatic rings. The number of aromatic nitrogens is 5. The minimum absolute atomic E-state index is 0.0315. The molecular formula is C28H28FN5O3S. The van der Waals surface area contributed by atoms with Gasteiger partial charge in [-0.3, -0.25) is 4.98 Å². The van der Waals surface area contributed by atoms with E-state index in [2.05, 4.69) is 9.97 Å². The van der Waals surface area contributed by atoms with Crippen LogP contribution in [0, 0.1) is 18.7 Å². The van der Waals surface area contributed by atoms with Crippen LogP contribution in [0.25, 0.3) is 33.3 Å². The summed E-state index contributed by atoms with van der Waals surface area (Å²) in [5.41, 5.74) is 5.10. The van der Waals surface area contributed by atoms with E-state index in [9.17, 15) is 8.42 Å². The van der Waals surface area contributed by atoms with Crippen LogP contribution in [0.2, 0.25) is 0 Å². The summed E-state index contributed by atoms with van der Waals surface area (Å²) in [4.78, 5) is 13.9. The monoisotopic (exact) mass is 533 g/mol. The van der Waals surface area contributed by atoms with Gasteiger partial charge in [0.1, 0.15) is 11.5 Å². The lowest BCUT2D eigenvalue weighted by Gasteiger charge is -2.33. The van der Waals surface area contributed by atoms with Gasteiger partial charge in [-0.1, -0.05) is 18.2 Å². The summed E-state index contributed by atoms with van der Waals surface area (Å²) >= 11 is 0. The van der Waals surface area contributed by atoms with Crippen molar-refractivity contribution in [3.05, 3.63) is 72.1 Å². The molecule has 0 unspecified atom stereocenters. The molecule has 1 atom stereocenters. The van der Waals surface area contributed by atoms with Crippen molar-refractivity contribution in [2.75, 3.05) is 19.5 Å². The Bertz CT molecular complexity index is 1770. The van der Waals surface area contributed by atoms with Crippen molar-refractivity contribution in [2.45, 2.75) is 30.8 Å². The second-order valence-electron chi connectivity index (χ2n) is 9.96. The van der Waals surface area contributed by atoms with Gasteiger partial charge in [-0.25, -0.2) is 22.8 Å². The minimum atomic E-state index is -3.58. The SMILES string of the molecule is Cc1ncn(C)c1-c1cnc2c3ccc(S(C)(=O)=O)nc3n([C@H](c3ccccc3F)C3CCOCC3)c2c1. The average molecular weight is 534 g/mol. The Balaban J connectivity index is 1.72. The number of sulfone groups is 1. The summed E-state index contributed by atoms with van der Waals surface area (Å²) in [5, 5.41) is 0.685. The van der Waals surface area contributed by atoms with Gasteiger partial charge < -0.3 is 13.9 Å². The van der Waals surface area contributed by atoms with E-state index in [1.54, 1.807) is 30.7 Å². The zero-order valence-corrected chi connectivity index (χ0v) is 22.2. The first-order valence-electron chi connectivity index (χ1n) is 12.5. The number of benzene rings is 1. The third-order valence-corrected chi connectivity index (χ3v) is 8.44. The van der Waals surface area contributed by atoms with Crippen LogP contribution in [-0.2, 0) is 21.6 Å². The Kier molecular flexibility index (Phi) is 6.03. The molecule has 4 aromatic heterocycles. The van der Waals surface area contributed by atoms with Gasteiger partial charge >= 0.3 is 0 Å². The molecular weight excluding hydrogens is 505 g/mol. The molecule has 38 heavy (non-hydrogen) atoms. The van der Waals surface area contributed by atoms with Crippen LogP contribution in [0.3, 0.4) is 0 Å². The highest BCUT2D eigenvalue weighted by Gasteiger charge is 2.32. The summed E-state index contributed by atoms with van der Waals surface area (Å²) in [6.45, 7) is 3.10. The van der Waals surface area contributed by atoms with Crippen molar-refractivity contribution in [1.82, 2.24) is 24.1 Å². The van der Waals surface area contributed by atoms with Crippen molar-refractivity contribution < 1.29 is 17.5 Å². The lowest BCUT2D eigenvalue weighted by atomic mass is 9.86. The maximum Gasteiger partial charge on any atom is 0.192 e. The van der Waals surface area contributed by atoms with Gasteiger partial charge in [-0.2, -0.15) is 0 Å². The summed E-state index contributed by atoms with van der Waals surface area (Å²) < 4.78 is 50.1. The number of ether oxygens (including phenoxy) is 1. The molecule has 6 rings (SSSR count). The molecule has 0 saturated carbocycles. The van der Waals surface area contributed by atoms with E-state index < -0.39 is 15.9 Å². The van der Waals surface area contributed by atoms with Crippen LogP contribution in [0.15, 0.2) is 60.0 Å². The van der Waals surface area contributed by atoms with E-state index >= 15 is 4.39 Å². The molecule has 0 N–H and O–H groups in total. The standard InChI is InChI=1S/C28H28FN5O3S/c1-17-26(33(2)16-31-17)19-14-23-25(30-15-19)21-8-9-24(38(3,35)36)32-28(21)34(23)27(18-10-12-37-13-11-18)20-6-4-5-7-22(20)29/h4-9,14-16,18,27H,10-13H2,1-3H3/t27-/m0/s1. The molecule has 0 bridgehead atoms.